The first-order valence-corrected chi connectivity index (χ1v) is 18.6. The Bertz CT molecular complexity index is 2670. The van der Waals surface area contributed by atoms with Gasteiger partial charge in [0.25, 0.3) is 0 Å². The molecule has 0 aliphatic rings. The van der Waals surface area contributed by atoms with Crippen LogP contribution in [0.15, 0.2) is 194 Å². The third-order valence-corrected chi connectivity index (χ3v) is 11.2. The number of benzene rings is 10. The summed E-state index contributed by atoms with van der Waals surface area (Å²) >= 11 is 0. The maximum Gasteiger partial charge on any atom is 0.0473 e. The summed E-state index contributed by atoms with van der Waals surface area (Å²) in [6, 6.07) is 70.6. The standard InChI is InChI=1S/C53H37N/c1-34-49(43-22-18-35-10-2-6-14-39(35)26-43)30-47(31-50(34)44-23-19-36-11-3-7-15-40(36)27-44)48-32-51(45-24-20-37-12-4-8-16-41(37)28-45)53(54)52(33-48)46-25-21-38-13-5-9-17-42(38)29-46/h2-33H,54H2,1H3. The van der Waals surface area contributed by atoms with Crippen molar-refractivity contribution in [1.82, 2.24) is 0 Å². The van der Waals surface area contributed by atoms with Gasteiger partial charge in [-0.15, -0.1) is 0 Å². The van der Waals surface area contributed by atoms with Crippen LogP contribution in [0.2, 0.25) is 0 Å². The van der Waals surface area contributed by atoms with Crippen molar-refractivity contribution < 1.29 is 0 Å². The minimum absolute atomic E-state index is 0.779. The van der Waals surface area contributed by atoms with Crippen molar-refractivity contribution in [1.29, 1.82) is 0 Å². The zero-order chi connectivity index (χ0) is 36.2. The lowest BCUT2D eigenvalue weighted by molar-refractivity contribution is 1.45. The van der Waals surface area contributed by atoms with E-state index >= 15 is 0 Å². The number of nitrogens with two attached hydrogens (primary N) is 1. The van der Waals surface area contributed by atoms with Gasteiger partial charge in [-0.05, 0) is 149 Å². The zero-order valence-electron chi connectivity index (χ0n) is 30.1. The van der Waals surface area contributed by atoms with Crippen LogP contribution >= 0.6 is 0 Å². The van der Waals surface area contributed by atoms with Crippen LogP contribution in [-0.4, -0.2) is 0 Å². The van der Waals surface area contributed by atoms with Crippen LogP contribution in [0, 0.1) is 6.92 Å². The van der Waals surface area contributed by atoms with Gasteiger partial charge in [0.1, 0.15) is 0 Å². The fourth-order valence-corrected chi connectivity index (χ4v) is 8.21. The van der Waals surface area contributed by atoms with Crippen molar-refractivity contribution >= 4 is 48.8 Å². The van der Waals surface area contributed by atoms with Crippen LogP contribution < -0.4 is 5.73 Å². The highest BCUT2D eigenvalue weighted by Crippen LogP contribution is 2.44. The van der Waals surface area contributed by atoms with E-state index in [9.17, 15) is 0 Å². The Balaban J connectivity index is 1.24. The Hall–Kier alpha value is -6.96. The maximum atomic E-state index is 7.25. The zero-order valence-corrected chi connectivity index (χ0v) is 30.1. The summed E-state index contributed by atoms with van der Waals surface area (Å²) in [6.07, 6.45) is 0. The molecule has 0 saturated heterocycles. The second-order valence-corrected chi connectivity index (χ2v) is 14.4. The third-order valence-electron chi connectivity index (χ3n) is 11.2. The average molecular weight is 688 g/mol. The van der Waals surface area contributed by atoms with Crippen molar-refractivity contribution in [2.45, 2.75) is 6.92 Å². The molecular weight excluding hydrogens is 651 g/mol. The van der Waals surface area contributed by atoms with Gasteiger partial charge < -0.3 is 5.73 Å². The van der Waals surface area contributed by atoms with Crippen LogP contribution in [-0.2, 0) is 0 Å². The molecule has 0 fully saturated rings. The van der Waals surface area contributed by atoms with Crippen molar-refractivity contribution in [3.8, 4) is 55.6 Å². The van der Waals surface area contributed by atoms with Gasteiger partial charge in [-0.1, -0.05) is 146 Å². The van der Waals surface area contributed by atoms with E-state index in [-0.39, 0.29) is 0 Å². The molecular formula is C53H37N. The number of fused-ring (bicyclic) bond motifs is 4. The first-order chi connectivity index (χ1) is 26.6. The van der Waals surface area contributed by atoms with Crippen molar-refractivity contribution in [2.75, 3.05) is 5.73 Å². The molecule has 0 radical (unpaired) electrons. The summed E-state index contributed by atoms with van der Waals surface area (Å²) in [6.45, 7) is 2.27. The smallest absolute Gasteiger partial charge is 0.0473 e. The maximum absolute atomic E-state index is 7.25. The SMILES string of the molecule is Cc1c(-c2ccc3ccccc3c2)cc(-c2cc(-c3ccc4ccccc4c3)c(N)c(-c3ccc4ccccc4c3)c2)cc1-c1ccc2ccccc2c1. The molecule has 0 saturated carbocycles. The van der Waals surface area contributed by atoms with Crippen LogP contribution in [0.5, 0.6) is 0 Å². The fourth-order valence-electron chi connectivity index (χ4n) is 8.21. The second-order valence-electron chi connectivity index (χ2n) is 14.4. The van der Waals surface area contributed by atoms with Crippen molar-refractivity contribution in [3.63, 3.8) is 0 Å². The molecule has 0 spiro atoms. The first kappa shape index (κ1) is 31.7. The van der Waals surface area contributed by atoms with Gasteiger partial charge in [0.2, 0.25) is 0 Å². The largest absolute Gasteiger partial charge is 0.398 e. The van der Waals surface area contributed by atoms with Crippen LogP contribution in [0.4, 0.5) is 5.69 Å². The molecule has 1 heteroatoms. The van der Waals surface area contributed by atoms with E-state index < -0.39 is 0 Å². The molecule has 0 atom stereocenters. The molecule has 0 amide bonds. The molecule has 0 aliphatic heterocycles. The van der Waals surface area contributed by atoms with Gasteiger partial charge in [-0.25, -0.2) is 0 Å². The Morgan fingerprint density at radius 2 is 0.519 bits per heavy atom. The Labute approximate surface area is 315 Å². The molecule has 54 heavy (non-hydrogen) atoms. The van der Waals surface area contributed by atoms with E-state index in [0.29, 0.717) is 0 Å². The van der Waals surface area contributed by atoms with E-state index in [0.717, 1.165) is 39.1 Å². The van der Waals surface area contributed by atoms with Crippen LogP contribution in [0.3, 0.4) is 0 Å². The highest BCUT2D eigenvalue weighted by molar-refractivity contribution is 6.00. The van der Waals surface area contributed by atoms with E-state index in [4.69, 9.17) is 5.73 Å². The highest BCUT2D eigenvalue weighted by Gasteiger charge is 2.18. The van der Waals surface area contributed by atoms with Crippen LogP contribution in [0.25, 0.3) is 98.7 Å². The lowest BCUT2D eigenvalue weighted by atomic mass is 9.85. The fraction of sp³-hybridized carbons (Fsp3) is 0.0189. The van der Waals surface area contributed by atoms with Gasteiger partial charge in [0, 0.05) is 16.8 Å². The number of hydrogen-bond donors (Lipinski definition) is 1. The minimum Gasteiger partial charge on any atom is -0.398 e. The molecule has 1 nitrogen and oxygen atoms in total. The first-order valence-electron chi connectivity index (χ1n) is 18.6. The summed E-state index contributed by atoms with van der Waals surface area (Å²) < 4.78 is 0. The topological polar surface area (TPSA) is 26.0 Å². The third kappa shape index (κ3) is 5.59. The van der Waals surface area contributed by atoms with E-state index in [1.807, 2.05) is 0 Å². The average Bonchev–Trinajstić information content (AvgIpc) is 3.23. The molecule has 0 aliphatic carbocycles. The van der Waals surface area contributed by atoms with E-state index in [2.05, 4.69) is 201 Å². The Morgan fingerprint density at radius 3 is 0.833 bits per heavy atom. The normalized spacial score (nSPS) is 11.5. The molecule has 254 valence electrons. The summed E-state index contributed by atoms with van der Waals surface area (Å²) in [5.41, 5.74) is 20.7. The summed E-state index contributed by atoms with van der Waals surface area (Å²) in [5, 5.41) is 9.76. The molecule has 0 heterocycles. The van der Waals surface area contributed by atoms with E-state index in [1.54, 1.807) is 0 Å². The molecule has 10 aromatic carbocycles. The lowest BCUT2D eigenvalue weighted by Gasteiger charge is -2.19. The van der Waals surface area contributed by atoms with Crippen molar-refractivity contribution in [2.24, 2.45) is 0 Å². The van der Waals surface area contributed by atoms with Crippen molar-refractivity contribution in [3.05, 3.63) is 200 Å². The van der Waals surface area contributed by atoms with Gasteiger partial charge >= 0.3 is 0 Å². The molecule has 0 bridgehead atoms. The minimum atomic E-state index is 0.779. The van der Waals surface area contributed by atoms with Gasteiger partial charge in [0.15, 0.2) is 0 Å². The Kier molecular flexibility index (Phi) is 7.59. The lowest BCUT2D eigenvalue weighted by Crippen LogP contribution is -1.97. The molecule has 2 N–H and O–H groups in total. The summed E-state index contributed by atoms with van der Waals surface area (Å²) in [7, 11) is 0. The molecule has 10 rings (SSSR count). The quantitative estimate of drug-likeness (QED) is 0.179. The second kappa shape index (κ2) is 12.9. The number of anilines is 1. The molecule has 0 unspecified atom stereocenters. The van der Waals surface area contributed by atoms with Gasteiger partial charge in [-0.2, -0.15) is 0 Å². The Morgan fingerprint density at radius 1 is 0.259 bits per heavy atom. The van der Waals surface area contributed by atoms with Gasteiger partial charge in [0.05, 0.1) is 0 Å². The van der Waals surface area contributed by atoms with Gasteiger partial charge in [-0.3, -0.25) is 0 Å². The summed E-state index contributed by atoms with van der Waals surface area (Å²) in [5.74, 6) is 0. The summed E-state index contributed by atoms with van der Waals surface area (Å²) in [4.78, 5) is 0. The molecule has 0 aromatic heterocycles. The monoisotopic (exact) mass is 687 g/mol. The molecule has 10 aromatic rings. The van der Waals surface area contributed by atoms with E-state index in [1.165, 1.54) is 70.9 Å². The number of nitrogen functional groups attached to an aromatic ring is 1. The number of rotatable bonds is 5. The number of hydrogen-bond acceptors (Lipinski definition) is 1. The predicted octanol–water partition coefficient (Wildman–Crippen LogP) is 14.5. The predicted molar refractivity (Wildman–Crippen MR) is 233 cm³/mol. The van der Waals surface area contributed by atoms with Crippen LogP contribution in [0.1, 0.15) is 5.56 Å². The highest BCUT2D eigenvalue weighted by atomic mass is 14.6.